The summed E-state index contributed by atoms with van der Waals surface area (Å²) in [7, 11) is 0. The average molecular weight is 249 g/mol. The summed E-state index contributed by atoms with van der Waals surface area (Å²) in [5, 5.41) is 0. The number of rotatable bonds is 1. The molecular formula is C14H19NOS. The molecule has 1 heterocycles. The van der Waals surface area contributed by atoms with Crippen molar-refractivity contribution in [3.05, 3.63) is 29.8 Å². The summed E-state index contributed by atoms with van der Waals surface area (Å²) in [6.07, 6.45) is 3.47. The molecule has 2 nitrogen and oxygen atoms in total. The molecule has 1 aliphatic rings. The Balaban J connectivity index is 2.09. The van der Waals surface area contributed by atoms with Crippen molar-refractivity contribution in [2.75, 3.05) is 13.1 Å². The highest BCUT2D eigenvalue weighted by Crippen LogP contribution is 2.19. The molecule has 1 aliphatic heterocycles. The Kier molecular flexibility index (Phi) is 4.11. The van der Waals surface area contributed by atoms with Gasteiger partial charge in [-0.05, 0) is 43.4 Å². The lowest BCUT2D eigenvalue weighted by Crippen LogP contribution is -2.31. The van der Waals surface area contributed by atoms with Gasteiger partial charge in [0.1, 0.15) is 0 Å². The van der Waals surface area contributed by atoms with E-state index < -0.39 is 0 Å². The predicted molar refractivity (Wildman–Crippen MR) is 72.6 cm³/mol. The van der Waals surface area contributed by atoms with E-state index >= 15 is 0 Å². The molecule has 0 bridgehead atoms. The van der Waals surface area contributed by atoms with E-state index in [4.69, 9.17) is 0 Å². The fourth-order valence-corrected chi connectivity index (χ4v) is 2.51. The highest BCUT2D eigenvalue weighted by Gasteiger charge is 2.19. The van der Waals surface area contributed by atoms with E-state index in [2.05, 4.69) is 19.6 Å². The summed E-state index contributed by atoms with van der Waals surface area (Å²) < 4.78 is 0. The molecule has 0 radical (unpaired) electrons. The third kappa shape index (κ3) is 3.25. The van der Waals surface area contributed by atoms with Gasteiger partial charge in [0.15, 0.2) is 0 Å². The lowest BCUT2D eigenvalue weighted by Gasteiger charge is -2.20. The van der Waals surface area contributed by atoms with Crippen LogP contribution in [0.1, 0.15) is 36.5 Å². The van der Waals surface area contributed by atoms with E-state index in [9.17, 15) is 4.79 Å². The monoisotopic (exact) mass is 249 g/mol. The molecule has 0 spiro atoms. The van der Waals surface area contributed by atoms with Gasteiger partial charge in [-0.15, -0.1) is 12.6 Å². The molecule has 0 N–H and O–H groups in total. The number of carbonyl (C=O) groups is 1. The first-order valence-corrected chi connectivity index (χ1v) is 6.70. The van der Waals surface area contributed by atoms with Crippen LogP contribution in [0.3, 0.4) is 0 Å². The highest BCUT2D eigenvalue weighted by atomic mass is 32.1. The largest absolute Gasteiger partial charge is 0.339 e. The second-order valence-corrected chi connectivity index (χ2v) is 5.40. The number of benzene rings is 1. The Hall–Kier alpha value is -0.960. The molecule has 1 unspecified atom stereocenters. The Morgan fingerprint density at radius 2 is 2.18 bits per heavy atom. The molecule has 2 rings (SSSR count). The number of carbonyl (C=O) groups excluding carboxylic acids is 1. The second-order valence-electron chi connectivity index (χ2n) is 4.88. The fourth-order valence-electron chi connectivity index (χ4n) is 2.29. The molecule has 1 aromatic carbocycles. The van der Waals surface area contributed by atoms with Gasteiger partial charge in [0, 0.05) is 23.5 Å². The van der Waals surface area contributed by atoms with Crippen molar-refractivity contribution in [1.29, 1.82) is 0 Å². The van der Waals surface area contributed by atoms with Crippen LogP contribution in [0, 0.1) is 5.92 Å². The van der Waals surface area contributed by atoms with Gasteiger partial charge in [-0.25, -0.2) is 0 Å². The van der Waals surface area contributed by atoms with Crippen molar-refractivity contribution < 1.29 is 4.79 Å². The van der Waals surface area contributed by atoms with Crippen molar-refractivity contribution in [3.63, 3.8) is 0 Å². The van der Waals surface area contributed by atoms with Crippen LogP contribution >= 0.6 is 12.6 Å². The van der Waals surface area contributed by atoms with Crippen molar-refractivity contribution in [2.24, 2.45) is 5.92 Å². The molecular weight excluding hydrogens is 230 g/mol. The van der Waals surface area contributed by atoms with Gasteiger partial charge >= 0.3 is 0 Å². The molecule has 3 heteroatoms. The van der Waals surface area contributed by atoms with E-state index in [1.165, 1.54) is 6.42 Å². The summed E-state index contributed by atoms with van der Waals surface area (Å²) in [4.78, 5) is 15.1. The minimum absolute atomic E-state index is 0.148. The van der Waals surface area contributed by atoms with Crippen LogP contribution in [-0.2, 0) is 0 Å². The Morgan fingerprint density at radius 3 is 2.94 bits per heavy atom. The van der Waals surface area contributed by atoms with Gasteiger partial charge in [-0.3, -0.25) is 4.79 Å². The van der Waals surface area contributed by atoms with Crippen molar-refractivity contribution in [2.45, 2.75) is 31.1 Å². The summed E-state index contributed by atoms with van der Waals surface area (Å²) in [5.74, 6) is 0.888. The zero-order valence-electron chi connectivity index (χ0n) is 10.2. The standard InChI is InChI=1S/C14H19NOS/c1-11-4-3-8-15(9-7-11)14(16)12-5-2-6-13(17)10-12/h2,5-6,10-11,17H,3-4,7-9H2,1H3. The number of thiol groups is 1. The van der Waals surface area contributed by atoms with Crippen LogP contribution in [0.4, 0.5) is 0 Å². The predicted octanol–water partition coefficient (Wildman–Crippen LogP) is 3.24. The number of hydrogen-bond acceptors (Lipinski definition) is 2. The Labute approximate surface area is 108 Å². The molecule has 1 saturated heterocycles. The molecule has 1 atom stereocenters. The van der Waals surface area contributed by atoms with Crippen molar-refractivity contribution in [3.8, 4) is 0 Å². The third-order valence-electron chi connectivity index (χ3n) is 3.40. The van der Waals surface area contributed by atoms with E-state index in [0.717, 1.165) is 42.3 Å². The van der Waals surface area contributed by atoms with Crippen LogP contribution < -0.4 is 0 Å². The lowest BCUT2D eigenvalue weighted by atomic mass is 10.0. The minimum Gasteiger partial charge on any atom is -0.339 e. The molecule has 0 saturated carbocycles. The van der Waals surface area contributed by atoms with Crippen LogP contribution in [-0.4, -0.2) is 23.9 Å². The second kappa shape index (κ2) is 5.58. The summed E-state index contributed by atoms with van der Waals surface area (Å²) in [6, 6.07) is 7.50. The smallest absolute Gasteiger partial charge is 0.253 e. The molecule has 17 heavy (non-hydrogen) atoms. The first kappa shape index (κ1) is 12.5. The summed E-state index contributed by atoms with van der Waals surface area (Å²) in [6.45, 7) is 4.04. The highest BCUT2D eigenvalue weighted by molar-refractivity contribution is 7.80. The maximum Gasteiger partial charge on any atom is 0.253 e. The Bertz CT molecular complexity index is 405. The summed E-state index contributed by atoms with van der Waals surface area (Å²) in [5.41, 5.74) is 0.757. The van der Waals surface area contributed by atoms with Gasteiger partial charge in [0.05, 0.1) is 0 Å². The average Bonchev–Trinajstić information content (AvgIpc) is 2.53. The van der Waals surface area contributed by atoms with E-state index in [-0.39, 0.29) is 5.91 Å². The van der Waals surface area contributed by atoms with Crippen LogP contribution in [0.5, 0.6) is 0 Å². The van der Waals surface area contributed by atoms with E-state index in [1.54, 1.807) is 0 Å². The normalized spacial score (nSPS) is 21.1. The Morgan fingerprint density at radius 1 is 1.35 bits per heavy atom. The maximum absolute atomic E-state index is 12.3. The third-order valence-corrected chi connectivity index (χ3v) is 3.68. The summed E-state index contributed by atoms with van der Waals surface area (Å²) >= 11 is 4.28. The van der Waals surface area contributed by atoms with Gasteiger partial charge in [0.25, 0.3) is 5.91 Å². The van der Waals surface area contributed by atoms with Crippen LogP contribution in [0.25, 0.3) is 0 Å². The van der Waals surface area contributed by atoms with Gasteiger partial charge < -0.3 is 4.90 Å². The van der Waals surface area contributed by atoms with Crippen LogP contribution in [0.15, 0.2) is 29.2 Å². The van der Waals surface area contributed by atoms with Crippen molar-refractivity contribution >= 4 is 18.5 Å². The number of hydrogen-bond donors (Lipinski definition) is 1. The molecule has 1 fully saturated rings. The molecule has 1 amide bonds. The van der Waals surface area contributed by atoms with Crippen LogP contribution in [0.2, 0.25) is 0 Å². The number of likely N-dealkylation sites (tertiary alicyclic amines) is 1. The van der Waals surface area contributed by atoms with Crippen molar-refractivity contribution in [1.82, 2.24) is 4.90 Å². The lowest BCUT2D eigenvalue weighted by molar-refractivity contribution is 0.0760. The SMILES string of the molecule is CC1CCCN(C(=O)c2cccc(S)c2)CC1. The minimum atomic E-state index is 0.148. The van der Waals surface area contributed by atoms with E-state index in [0.29, 0.717) is 0 Å². The molecule has 0 aliphatic carbocycles. The molecule has 1 aromatic rings. The topological polar surface area (TPSA) is 20.3 Å². The fraction of sp³-hybridized carbons (Fsp3) is 0.500. The first-order valence-electron chi connectivity index (χ1n) is 6.25. The number of amides is 1. The van der Waals surface area contributed by atoms with Gasteiger partial charge in [-0.2, -0.15) is 0 Å². The van der Waals surface area contributed by atoms with E-state index in [1.807, 2.05) is 29.2 Å². The first-order chi connectivity index (χ1) is 8.16. The maximum atomic E-state index is 12.3. The molecule has 0 aromatic heterocycles. The number of nitrogens with zero attached hydrogens (tertiary/aromatic N) is 1. The van der Waals surface area contributed by atoms with Gasteiger partial charge in [0.2, 0.25) is 0 Å². The molecule has 92 valence electrons. The van der Waals surface area contributed by atoms with Gasteiger partial charge in [-0.1, -0.05) is 13.0 Å². The quantitative estimate of drug-likeness (QED) is 0.758. The zero-order chi connectivity index (χ0) is 12.3. The zero-order valence-corrected chi connectivity index (χ0v) is 11.1.